The molecule has 2 aliphatic rings. The molecule has 0 amide bonds. The largest absolute Gasteiger partial charge is 0.311 e. The van der Waals surface area contributed by atoms with Crippen molar-refractivity contribution in [3.05, 3.63) is 0 Å². The molecular formula is C11H20FN. The summed E-state index contributed by atoms with van der Waals surface area (Å²) in [5, 5.41) is 3.30. The predicted molar refractivity (Wildman–Crippen MR) is 52.5 cm³/mol. The van der Waals surface area contributed by atoms with E-state index in [9.17, 15) is 4.39 Å². The van der Waals surface area contributed by atoms with Crippen molar-refractivity contribution in [2.24, 2.45) is 5.92 Å². The lowest BCUT2D eigenvalue weighted by atomic mass is 9.82. The van der Waals surface area contributed by atoms with Crippen LogP contribution in [0.2, 0.25) is 0 Å². The molecule has 2 rings (SSSR count). The molecule has 76 valence electrons. The van der Waals surface area contributed by atoms with E-state index in [1.165, 1.54) is 12.8 Å². The lowest BCUT2D eigenvalue weighted by Gasteiger charge is -2.33. The fourth-order valence-corrected chi connectivity index (χ4v) is 2.94. The van der Waals surface area contributed by atoms with Gasteiger partial charge in [-0.2, -0.15) is 0 Å². The molecule has 0 bridgehead atoms. The molecular weight excluding hydrogens is 165 g/mol. The number of hydrogen-bond donors (Lipinski definition) is 1. The summed E-state index contributed by atoms with van der Waals surface area (Å²) in [4.78, 5) is 0. The van der Waals surface area contributed by atoms with Crippen molar-refractivity contribution in [1.82, 2.24) is 5.32 Å². The maximum absolute atomic E-state index is 14.4. The Bertz CT molecular complexity index is 149. The Balaban J connectivity index is 1.99. The number of halogens is 1. The summed E-state index contributed by atoms with van der Waals surface area (Å²) < 4.78 is 14.4. The Labute approximate surface area is 80.1 Å². The molecule has 0 aromatic carbocycles. The second-order valence-electron chi connectivity index (χ2n) is 4.78. The molecule has 0 spiro atoms. The molecule has 1 nitrogen and oxygen atoms in total. The van der Waals surface area contributed by atoms with E-state index >= 15 is 0 Å². The minimum Gasteiger partial charge on any atom is -0.311 e. The average molecular weight is 185 g/mol. The van der Waals surface area contributed by atoms with Crippen molar-refractivity contribution in [2.45, 2.75) is 57.2 Å². The molecule has 0 aromatic rings. The van der Waals surface area contributed by atoms with Gasteiger partial charge in [0.25, 0.3) is 0 Å². The molecule has 0 radical (unpaired) electrons. The molecule has 2 atom stereocenters. The fourth-order valence-electron chi connectivity index (χ4n) is 2.94. The van der Waals surface area contributed by atoms with Crippen LogP contribution in [0.1, 0.15) is 45.4 Å². The maximum Gasteiger partial charge on any atom is 0.126 e. The standard InChI is InChI=1S/C11H20FN/c1-11(12,9-5-2-3-6-9)10-7-4-8-13-10/h9-10,13H,2-8H2,1H3. The highest BCUT2D eigenvalue weighted by Crippen LogP contribution is 2.40. The first kappa shape index (κ1) is 9.45. The zero-order chi connectivity index (χ0) is 9.31. The topological polar surface area (TPSA) is 12.0 Å². The Morgan fingerprint density at radius 1 is 1.15 bits per heavy atom. The number of alkyl halides is 1. The van der Waals surface area contributed by atoms with Crippen LogP contribution in [0.5, 0.6) is 0 Å². The van der Waals surface area contributed by atoms with Crippen molar-refractivity contribution in [1.29, 1.82) is 0 Å². The van der Waals surface area contributed by atoms with Crippen molar-refractivity contribution >= 4 is 0 Å². The van der Waals surface area contributed by atoms with Gasteiger partial charge in [-0.3, -0.25) is 0 Å². The molecule has 1 aliphatic heterocycles. The van der Waals surface area contributed by atoms with E-state index < -0.39 is 5.67 Å². The number of rotatable bonds is 2. The van der Waals surface area contributed by atoms with Gasteiger partial charge >= 0.3 is 0 Å². The van der Waals surface area contributed by atoms with Crippen molar-refractivity contribution in [3.8, 4) is 0 Å². The second kappa shape index (κ2) is 3.56. The summed E-state index contributed by atoms with van der Waals surface area (Å²) in [6.07, 6.45) is 6.85. The minimum absolute atomic E-state index is 0.135. The van der Waals surface area contributed by atoms with Crippen LogP contribution >= 0.6 is 0 Å². The molecule has 1 saturated carbocycles. The molecule has 0 aromatic heterocycles. The van der Waals surface area contributed by atoms with Gasteiger partial charge in [0, 0.05) is 6.04 Å². The van der Waals surface area contributed by atoms with E-state index in [1.807, 2.05) is 6.92 Å². The van der Waals surface area contributed by atoms with Gasteiger partial charge in [-0.25, -0.2) is 4.39 Å². The number of nitrogens with one attached hydrogen (secondary N) is 1. The van der Waals surface area contributed by atoms with E-state index in [2.05, 4.69) is 5.32 Å². The second-order valence-corrected chi connectivity index (χ2v) is 4.78. The quantitative estimate of drug-likeness (QED) is 0.697. The highest BCUT2D eigenvalue weighted by molar-refractivity contribution is 4.97. The van der Waals surface area contributed by atoms with E-state index in [0.29, 0.717) is 5.92 Å². The lowest BCUT2D eigenvalue weighted by molar-refractivity contribution is 0.0654. The van der Waals surface area contributed by atoms with Crippen molar-refractivity contribution < 1.29 is 4.39 Å². The first-order chi connectivity index (χ1) is 6.21. The fraction of sp³-hybridized carbons (Fsp3) is 1.00. The third kappa shape index (κ3) is 1.74. The van der Waals surface area contributed by atoms with Gasteiger partial charge in [0.2, 0.25) is 0 Å². The molecule has 1 N–H and O–H groups in total. The third-order valence-electron chi connectivity index (χ3n) is 3.90. The van der Waals surface area contributed by atoms with Gasteiger partial charge in [0.1, 0.15) is 5.67 Å². The highest BCUT2D eigenvalue weighted by atomic mass is 19.1. The lowest BCUT2D eigenvalue weighted by Crippen LogP contribution is -2.46. The third-order valence-corrected chi connectivity index (χ3v) is 3.90. The highest BCUT2D eigenvalue weighted by Gasteiger charge is 2.43. The van der Waals surface area contributed by atoms with Crippen molar-refractivity contribution in [2.75, 3.05) is 6.54 Å². The van der Waals surface area contributed by atoms with Crippen LogP contribution in [0, 0.1) is 5.92 Å². The Hall–Kier alpha value is -0.110. The van der Waals surface area contributed by atoms with Crippen LogP contribution in [-0.2, 0) is 0 Å². The summed E-state index contributed by atoms with van der Waals surface area (Å²) in [6.45, 7) is 2.82. The van der Waals surface area contributed by atoms with Gasteiger partial charge in [0.15, 0.2) is 0 Å². The van der Waals surface area contributed by atoms with Gasteiger partial charge in [-0.05, 0) is 45.1 Å². The van der Waals surface area contributed by atoms with E-state index in [4.69, 9.17) is 0 Å². The summed E-state index contributed by atoms with van der Waals surface area (Å²) in [5.41, 5.74) is -0.951. The van der Waals surface area contributed by atoms with Gasteiger partial charge in [-0.15, -0.1) is 0 Å². The summed E-state index contributed by atoms with van der Waals surface area (Å²) in [6, 6.07) is 0.135. The summed E-state index contributed by atoms with van der Waals surface area (Å²) in [7, 11) is 0. The normalized spacial score (nSPS) is 35.1. The van der Waals surface area contributed by atoms with Crippen LogP contribution in [-0.4, -0.2) is 18.3 Å². The Morgan fingerprint density at radius 2 is 1.85 bits per heavy atom. The van der Waals surface area contributed by atoms with Gasteiger partial charge in [-0.1, -0.05) is 12.8 Å². The molecule has 1 saturated heterocycles. The Kier molecular flexibility index (Phi) is 2.59. The smallest absolute Gasteiger partial charge is 0.126 e. The van der Waals surface area contributed by atoms with Gasteiger partial charge in [0.05, 0.1) is 0 Å². The van der Waals surface area contributed by atoms with Crippen LogP contribution in [0.15, 0.2) is 0 Å². The van der Waals surface area contributed by atoms with Crippen LogP contribution < -0.4 is 5.32 Å². The number of hydrogen-bond acceptors (Lipinski definition) is 1. The monoisotopic (exact) mass is 185 g/mol. The predicted octanol–water partition coefficient (Wildman–Crippen LogP) is 2.66. The zero-order valence-corrected chi connectivity index (χ0v) is 8.48. The summed E-state index contributed by atoms with van der Waals surface area (Å²) in [5.74, 6) is 0.322. The zero-order valence-electron chi connectivity index (χ0n) is 8.48. The summed E-state index contributed by atoms with van der Waals surface area (Å²) >= 11 is 0. The van der Waals surface area contributed by atoms with Crippen LogP contribution in [0.4, 0.5) is 4.39 Å². The molecule has 1 heterocycles. The van der Waals surface area contributed by atoms with Crippen LogP contribution in [0.25, 0.3) is 0 Å². The first-order valence-corrected chi connectivity index (χ1v) is 5.63. The van der Waals surface area contributed by atoms with E-state index in [1.54, 1.807) is 0 Å². The first-order valence-electron chi connectivity index (χ1n) is 5.63. The Morgan fingerprint density at radius 3 is 2.38 bits per heavy atom. The van der Waals surface area contributed by atoms with Crippen LogP contribution in [0.3, 0.4) is 0 Å². The minimum atomic E-state index is -0.951. The SMILES string of the molecule is CC(F)(C1CCCC1)C1CCCN1. The van der Waals surface area contributed by atoms with E-state index in [-0.39, 0.29) is 6.04 Å². The maximum atomic E-state index is 14.4. The van der Waals surface area contributed by atoms with E-state index in [0.717, 1.165) is 32.2 Å². The molecule has 2 unspecified atom stereocenters. The average Bonchev–Trinajstić information content (AvgIpc) is 2.78. The molecule has 2 fully saturated rings. The van der Waals surface area contributed by atoms with Crippen molar-refractivity contribution in [3.63, 3.8) is 0 Å². The molecule has 1 aliphatic carbocycles. The van der Waals surface area contributed by atoms with Gasteiger partial charge < -0.3 is 5.32 Å². The molecule has 2 heteroatoms. The molecule has 13 heavy (non-hydrogen) atoms.